The second kappa shape index (κ2) is 8.22. The molecule has 3 rings (SSSR count). The van der Waals surface area contributed by atoms with Crippen molar-refractivity contribution in [1.82, 2.24) is 30.8 Å². The first-order chi connectivity index (χ1) is 12.2. The van der Waals surface area contributed by atoms with Crippen LogP contribution >= 0.6 is 0 Å². The van der Waals surface area contributed by atoms with Gasteiger partial charge in [0.05, 0.1) is 12.6 Å². The summed E-state index contributed by atoms with van der Waals surface area (Å²) in [5.41, 5.74) is 0. The van der Waals surface area contributed by atoms with Crippen LogP contribution in [0.5, 0.6) is 5.75 Å². The molecule has 1 unspecified atom stereocenters. The highest BCUT2D eigenvalue weighted by molar-refractivity contribution is 5.82. The minimum atomic E-state index is -0.165. The number of rotatable bonds is 8. The Morgan fingerprint density at radius 2 is 2.20 bits per heavy atom. The lowest BCUT2D eigenvalue weighted by Gasteiger charge is -2.17. The minimum Gasteiger partial charge on any atom is -0.492 e. The topological polar surface area (TPSA) is 113 Å². The van der Waals surface area contributed by atoms with E-state index in [1.807, 2.05) is 30.3 Å². The summed E-state index contributed by atoms with van der Waals surface area (Å²) < 4.78 is 5.61. The molecule has 1 atom stereocenters. The highest BCUT2D eigenvalue weighted by Crippen LogP contribution is 2.12. The molecule has 1 fully saturated rings. The number of nitrogens with zero attached hydrogens (tertiary/aromatic N) is 4. The molecule has 1 aliphatic heterocycles. The van der Waals surface area contributed by atoms with Crippen molar-refractivity contribution >= 4 is 11.8 Å². The molecule has 0 aliphatic carbocycles. The van der Waals surface area contributed by atoms with E-state index in [0.717, 1.165) is 5.75 Å². The molecule has 2 N–H and O–H groups in total. The highest BCUT2D eigenvalue weighted by atomic mass is 16.5. The summed E-state index contributed by atoms with van der Waals surface area (Å²) in [5, 5.41) is 16.3. The maximum atomic E-state index is 12.0. The molecule has 0 radical (unpaired) electrons. The molecule has 2 aromatic rings. The zero-order chi connectivity index (χ0) is 17.5. The predicted octanol–water partition coefficient (Wildman–Crippen LogP) is -0.0716. The van der Waals surface area contributed by atoms with Crippen molar-refractivity contribution in [2.45, 2.75) is 25.3 Å². The summed E-state index contributed by atoms with van der Waals surface area (Å²) in [6.45, 7) is 1.43. The van der Waals surface area contributed by atoms with Crippen molar-refractivity contribution in [2.75, 3.05) is 19.7 Å². The standard InChI is InChI=1S/C16H20N6O3/c23-15(7-6-14-18-20-21-19-14)17-12-10-16(24)22(11-12)8-9-25-13-4-2-1-3-5-13/h1-5,12H,6-11H2,(H,17,23)(H,18,19,20,21). The van der Waals surface area contributed by atoms with E-state index in [1.54, 1.807) is 4.90 Å². The fourth-order valence-corrected chi connectivity index (χ4v) is 2.69. The molecular formula is C16H20N6O3. The van der Waals surface area contributed by atoms with E-state index in [-0.39, 0.29) is 24.3 Å². The molecular weight excluding hydrogens is 324 g/mol. The van der Waals surface area contributed by atoms with Gasteiger partial charge in [0, 0.05) is 25.8 Å². The van der Waals surface area contributed by atoms with Crippen LogP contribution in [0.4, 0.5) is 0 Å². The Labute approximate surface area is 144 Å². The first kappa shape index (κ1) is 16.9. The Kier molecular flexibility index (Phi) is 5.55. The summed E-state index contributed by atoms with van der Waals surface area (Å²) in [5.74, 6) is 1.18. The number of ether oxygens (including phenoxy) is 1. The van der Waals surface area contributed by atoms with Gasteiger partial charge in [0.15, 0.2) is 5.82 Å². The lowest BCUT2D eigenvalue weighted by atomic mass is 10.2. The van der Waals surface area contributed by atoms with Gasteiger partial charge in [0.2, 0.25) is 11.8 Å². The van der Waals surface area contributed by atoms with Gasteiger partial charge in [-0.2, -0.15) is 5.21 Å². The highest BCUT2D eigenvalue weighted by Gasteiger charge is 2.30. The maximum absolute atomic E-state index is 12.0. The molecule has 1 aromatic carbocycles. The quantitative estimate of drug-likeness (QED) is 0.693. The number of aryl methyl sites for hydroxylation is 1. The average molecular weight is 344 g/mol. The van der Waals surface area contributed by atoms with Gasteiger partial charge in [0.25, 0.3) is 0 Å². The summed E-state index contributed by atoms with van der Waals surface area (Å²) >= 11 is 0. The number of hydrogen-bond donors (Lipinski definition) is 2. The summed E-state index contributed by atoms with van der Waals surface area (Å²) in [6, 6.07) is 9.30. The molecule has 1 aliphatic rings. The van der Waals surface area contributed by atoms with E-state index in [2.05, 4.69) is 25.9 Å². The lowest BCUT2D eigenvalue weighted by molar-refractivity contribution is -0.128. The number of H-pyrrole nitrogens is 1. The molecule has 1 saturated heterocycles. The molecule has 9 nitrogen and oxygen atoms in total. The van der Waals surface area contributed by atoms with Crippen LogP contribution in [0, 0.1) is 0 Å². The van der Waals surface area contributed by atoms with Gasteiger partial charge >= 0.3 is 0 Å². The molecule has 0 spiro atoms. The smallest absolute Gasteiger partial charge is 0.224 e. The van der Waals surface area contributed by atoms with Crippen molar-refractivity contribution in [3.63, 3.8) is 0 Å². The van der Waals surface area contributed by atoms with Gasteiger partial charge in [-0.05, 0) is 12.1 Å². The van der Waals surface area contributed by atoms with Crippen molar-refractivity contribution in [2.24, 2.45) is 0 Å². The van der Waals surface area contributed by atoms with Crippen LogP contribution in [0.3, 0.4) is 0 Å². The van der Waals surface area contributed by atoms with E-state index in [9.17, 15) is 9.59 Å². The molecule has 132 valence electrons. The van der Waals surface area contributed by atoms with Gasteiger partial charge < -0.3 is 15.0 Å². The molecule has 9 heteroatoms. The number of aromatic nitrogens is 4. The SMILES string of the molecule is O=C(CCc1nn[nH]n1)NC1CC(=O)N(CCOc2ccccc2)C1. The molecule has 0 bridgehead atoms. The van der Waals surface area contributed by atoms with Crippen LogP contribution in [-0.2, 0) is 16.0 Å². The summed E-state index contributed by atoms with van der Waals surface area (Å²) in [7, 11) is 0. The maximum Gasteiger partial charge on any atom is 0.224 e. The Hall–Kier alpha value is -2.97. The number of carbonyl (C=O) groups excluding carboxylic acids is 2. The third-order valence-electron chi connectivity index (χ3n) is 3.92. The average Bonchev–Trinajstić information content (AvgIpc) is 3.24. The third kappa shape index (κ3) is 5.00. The van der Waals surface area contributed by atoms with Gasteiger partial charge in [-0.15, -0.1) is 10.2 Å². The number of hydrogen-bond acceptors (Lipinski definition) is 6. The number of tetrazole rings is 1. The number of para-hydroxylation sites is 1. The number of likely N-dealkylation sites (tertiary alicyclic amines) is 1. The van der Waals surface area contributed by atoms with Crippen LogP contribution < -0.4 is 10.1 Å². The monoisotopic (exact) mass is 344 g/mol. The van der Waals surface area contributed by atoms with Crippen LogP contribution in [0.25, 0.3) is 0 Å². The van der Waals surface area contributed by atoms with Crippen LogP contribution in [-0.4, -0.2) is 63.1 Å². The third-order valence-corrected chi connectivity index (χ3v) is 3.92. The normalized spacial score (nSPS) is 16.9. The first-order valence-electron chi connectivity index (χ1n) is 8.18. The van der Waals surface area contributed by atoms with E-state index >= 15 is 0 Å². The Balaban J connectivity index is 1.37. The van der Waals surface area contributed by atoms with E-state index in [1.165, 1.54) is 0 Å². The second-order valence-corrected chi connectivity index (χ2v) is 5.80. The lowest BCUT2D eigenvalue weighted by Crippen LogP contribution is -2.38. The predicted molar refractivity (Wildman–Crippen MR) is 87.6 cm³/mol. The van der Waals surface area contributed by atoms with Crippen molar-refractivity contribution < 1.29 is 14.3 Å². The fourth-order valence-electron chi connectivity index (χ4n) is 2.69. The number of nitrogens with one attached hydrogen (secondary N) is 2. The minimum absolute atomic E-state index is 0.0279. The van der Waals surface area contributed by atoms with Gasteiger partial charge in [-0.1, -0.05) is 23.4 Å². The summed E-state index contributed by atoms with van der Waals surface area (Å²) in [4.78, 5) is 25.7. The van der Waals surface area contributed by atoms with Gasteiger partial charge in [-0.3, -0.25) is 9.59 Å². The van der Waals surface area contributed by atoms with Crippen molar-refractivity contribution in [1.29, 1.82) is 0 Å². The Morgan fingerprint density at radius 3 is 2.96 bits per heavy atom. The zero-order valence-corrected chi connectivity index (χ0v) is 13.7. The number of carbonyl (C=O) groups is 2. The van der Waals surface area contributed by atoms with Gasteiger partial charge in [-0.25, -0.2) is 0 Å². The van der Waals surface area contributed by atoms with Crippen LogP contribution in [0.2, 0.25) is 0 Å². The second-order valence-electron chi connectivity index (χ2n) is 5.80. The molecule has 1 aromatic heterocycles. The van der Waals surface area contributed by atoms with Crippen molar-refractivity contribution in [3.8, 4) is 5.75 Å². The Morgan fingerprint density at radius 1 is 1.36 bits per heavy atom. The largest absolute Gasteiger partial charge is 0.492 e. The fraction of sp³-hybridized carbons (Fsp3) is 0.438. The first-order valence-corrected chi connectivity index (χ1v) is 8.18. The molecule has 25 heavy (non-hydrogen) atoms. The molecule has 2 amide bonds. The zero-order valence-electron chi connectivity index (χ0n) is 13.7. The van der Waals surface area contributed by atoms with Gasteiger partial charge in [0.1, 0.15) is 12.4 Å². The molecule has 2 heterocycles. The number of benzene rings is 1. The summed E-state index contributed by atoms with van der Waals surface area (Å²) in [6.07, 6.45) is 0.998. The van der Waals surface area contributed by atoms with Crippen molar-refractivity contribution in [3.05, 3.63) is 36.2 Å². The van der Waals surface area contributed by atoms with Crippen LogP contribution in [0.1, 0.15) is 18.7 Å². The Bertz CT molecular complexity index is 691. The number of aromatic amines is 1. The van der Waals surface area contributed by atoms with E-state index in [0.29, 0.717) is 38.4 Å². The molecule has 0 saturated carbocycles. The van der Waals surface area contributed by atoms with E-state index in [4.69, 9.17) is 4.74 Å². The van der Waals surface area contributed by atoms with E-state index < -0.39 is 0 Å². The van der Waals surface area contributed by atoms with Crippen LogP contribution in [0.15, 0.2) is 30.3 Å². The number of amides is 2.